The number of benzene rings is 2. The van der Waals surface area contributed by atoms with E-state index in [9.17, 15) is 4.79 Å². The lowest BCUT2D eigenvalue weighted by Gasteiger charge is -2.23. The molecular weight excluding hydrogens is 326 g/mol. The van der Waals surface area contributed by atoms with Crippen molar-refractivity contribution in [1.82, 2.24) is 4.90 Å². The smallest absolute Gasteiger partial charge is 0.317 e. The van der Waals surface area contributed by atoms with E-state index in [2.05, 4.69) is 32.9 Å². The number of carbonyl (C=O) groups is 1. The van der Waals surface area contributed by atoms with Gasteiger partial charge in [0.05, 0.1) is 6.54 Å². The molecule has 2 aromatic carbocycles. The number of aliphatic carboxylic acids is 1. The standard InChI is InChI=1S/C22H29NO3/c1-22(2,3)18-10-12-19(13-11-18)26-20(17-8-6-5-7-9-17)14-15-23(4)16-21(24)25/h5-13,20H,14-16H2,1-4H3,(H,24,25)/t20-/m0/s1. The number of hydrogen-bond acceptors (Lipinski definition) is 3. The van der Waals surface area contributed by atoms with E-state index in [1.54, 1.807) is 4.90 Å². The second-order valence-electron chi connectivity index (χ2n) is 7.71. The maximum absolute atomic E-state index is 10.9. The molecule has 0 saturated heterocycles. The minimum atomic E-state index is -0.817. The van der Waals surface area contributed by atoms with Gasteiger partial charge in [-0.25, -0.2) is 0 Å². The fourth-order valence-corrected chi connectivity index (χ4v) is 2.81. The van der Waals surface area contributed by atoms with Crippen LogP contribution >= 0.6 is 0 Å². The van der Waals surface area contributed by atoms with Crippen LogP contribution in [0.3, 0.4) is 0 Å². The number of carboxylic acids is 1. The average Bonchev–Trinajstić information content (AvgIpc) is 2.58. The maximum Gasteiger partial charge on any atom is 0.317 e. The van der Waals surface area contributed by atoms with Gasteiger partial charge in [-0.05, 0) is 35.7 Å². The van der Waals surface area contributed by atoms with E-state index in [4.69, 9.17) is 9.84 Å². The molecule has 4 nitrogen and oxygen atoms in total. The minimum Gasteiger partial charge on any atom is -0.486 e. The third-order valence-corrected chi connectivity index (χ3v) is 4.35. The monoisotopic (exact) mass is 355 g/mol. The Morgan fingerprint density at radius 3 is 2.23 bits per heavy atom. The molecule has 0 aliphatic carbocycles. The molecule has 140 valence electrons. The van der Waals surface area contributed by atoms with Crippen LogP contribution in [0.5, 0.6) is 5.75 Å². The van der Waals surface area contributed by atoms with E-state index in [1.165, 1.54) is 5.56 Å². The molecule has 0 unspecified atom stereocenters. The molecular formula is C22H29NO3. The average molecular weight is 355 g/mol. The molecule has 0 spiro atoms. The zero-order chi connectivity index (χ0) is 19.2. The molecule has 0 aromatic heterocycles. The molecule has 0 fully saturated rings. The first-order valence-electron chi connectivity index (χ1n) is 8.98. The normalized spacial score (nSPS) is 12.8. The van der Waals surface area contributed by atoms with Gasteiger partial charge in [0.1, 0.15) is 11.9 Å². The number of carboxylic acid groups (broad SMARTS) is 1. The Morgan fingerprint density at radius 1 is 1.08 bits per heavy atom. The van der Waals surface area contributed by atoms with Crippen LogP contribution in [0.1, 0.15) is 44.4 Å². The quantitative estimate of drug-likeness (QED) is 0.757. The highest BCUT2D eigenvalue weighted by Gasteiger charge is 2.17. The largest absolute Gasteiger partial charge is 0.486 e. The fourth-order valence-electron chi connectivity index (χ4n) is 2.81. The van der Waals surface area contributed by atoms with Gasteiger partial charge in [-0.1, -0.05) is 63.2 Å². The first-order chi connectivity index (χ1) is 12.3. The van der Waals surface area contributed by atoms with Crippen molar-refractivity contribution in [1.29, 1.82) is 0 Å². The van der Waals surface area contributed by atoms with Gasteiger partial charge in [-0.15, -0.1) is 0 Å². The van der Waals surface area contributed by atoms with Crippen LogP contribution in [0.4, 0.5) is 0 Å². The number of likely N-dealkylation sites (N-methyl/N-ethyl adjacent to an activating group) is 1. The molecule has 2 rings (SSSR count). The summed E-state index contributed by atoms with van der Waals surface area (Å²) < 4.78 is 6.25. The van der Waals surface area contributed by atoms with E-state index in [1.807, 2.05) is 49.5 Å². The Labute approximate surface area is 156 Å². The molecule has 26 heavy (non-hydrogen) atoms. The van der Waals surface area contributed by atoms with Crippen LogP contribution in [0.2, 0.25) is 0 Å². The highest BCUT2D eigenvalue weighted by atomic mass is 16.5. The van der Waals surface area contributed by atoms with Crippen molar-refractivity contribution in [3.63, 3.8) is 0 Å². The van der Waals surface area contributed by atoms with Gasteiger partial charge in [0, 0.05) is 13.0 Å². The summed E-state index contributed by atoms with van der Waals surface area (Å²) >= 11 is 0. The SMILES string of the molecule is CN(CC[C@H](Oc1ccc(C(C)(C)C)cc1)c1ccccc1)CC(=O)O. The molecule has 0 aliphatic rings. The summed E-state index contributed by atoms with van der Waals surface area (Å²) in [4.78, 5) is 12.7. The van der Waals surface area contributed by atoms with Crippen molar-refractivity contribution < 1.29 is 14.6 Å². The highest BCUT2D eigenvalue weighted by Crippen LogP contribution is 2.28. The molecule has 0 bridgehead atoms. The third kappa shape index (κ3) is 6.19. The first kappa shape index (κ1) is 20.0. The molecule has 0 aliphatic heterocycles. The van der Waals surface area contributed by atoms with Crippen molar-refractivity contribution in [2.45, 2.75) is 38.7 Å². The lowest BCUT2D eigenvalue weighted by Crippen LogP contribution is -2.28. The third-order valence-electron chi connectivity index (χ3n) is 4.35. The second kappa shape index (κ2) is 8.86. The molecule has 4 heteroatoms. The van der Waals surface area contributed by atoms with E-state index >= 15 is 0 Å². The van der Waals surface area contributed by atoms with Gasteiger partial charge in [-0.3, -0.25) is 9.69 Å². The van der Waals surface area contributed by atoms with E-state index in [0.717, 1.165) is 17.7 Å². The number of ether oxygens (including phenoxy) is 1. The van der Waals surface area contributed by atoms with Crippen molar-refractivity contribution in [3.05, 3.63) is 65.7 Å². The van der Waals surface area contributed by atoms with Crippen LogP contribution in [-0.4, -0.2) is 36.1 Å². The summed E-state index contributed by atoms with van der Waals surface area (Å²) in [6, 6.07) is 18.3. The van der Waals surface area contributed by atoms with Crippen molar-refractivity contribution >= 4 is 5.97 Å². The van der Waals surface area contributed by atoms with E-state index < -0.39 is 5.97 Å². The van der Waals surface area contributed by atoms with Gasteiger partial charge < -0.3 is 9.84 Å². The summed E-state index contributed by atoms with van der Waals surface area (Å²) in [6.07, 6.45) is 0.599. The molecule has 0 radical (unpaired) electrons. The highest BCUT2D eigenvalue weighted by molar-refractivity contribution is 5.68. The molecule has 2 aromatic rings. The zero-order valence-corrected chi connectivity index (χ0v) is 16.1. The van der Waals surface area contributed by atoms with Crippen LogP contribution in [-0.2, 0) is 10.2 Å². The van der Waals surface area contributed by atoms with Crippen LogP contribution < -0.4 is 4.74 Å². The lowest BCUT2D eigenvalue weighted by atomic mass is 9.87. The van der Waals surface area contributed by atoms with Crippen molar-refractivity contribution in [3.8, 4) is 5.75 Å². The molecule has 0 amide bonds. The zero-order valence-electron chi connectivity index (χ0n) is 16.1. The number of nitrogens with zero attached hydrogens (tertiary/aromatic N) is 1. The number of rotatable bonds is 8. The van der Waals surface area contributed by atoms with Crippen LogP contribution in [0, 0.1) is 0 Å². The Morgan fingerprint density at radius 2 is 1.69 bits per heavy atom. The van der Waals surface area contributed by atoms with Crippen LogP contribution in [0.15, 0.2) is 54.6 Å². The Kier molecular flexibility index (Phi) is 6.81. The van der Waals surface area contributed by atoms with Gasteiger partial charge in [0.2, 0.25) is 0 Å². The van der Waals surface area contributed by atoms with Gasteiger partial charge in [0.25, 0.3) is 0 Å². The van der Waals surface area contributed by atoms with E-state index in [0.29, 0.717) is 6.54 Å². The summed E-state index contributed by atoms with van der Waals surface area (Å²) in [5.41, 5.74) is 2.47. The van der Waals surface area contributed by atoms with Gasteiger partial charge in [-0.2, -0.15) is 0 Å². The van der Waals surface area contributed by atoms with Gasteiger partial charge >= 0.3 is 5.97 Å². The fraction of sp³-hybridized carbons (Fsp3) is 0.409. The summed E-state index contributed by atoms with van der Waals surface area (Å²) in [5.74, 6) is 0.00943. The van der Waals surface area contributed by atoms with Crippen molar-refractivity contribution in [2.24, 2.45) is 0 Å². The predicted molar refractivity (Wildman–Crippen MR) is 105 cm³/mol. The summed E-state index contributed by atoms with van der Waals surface area (Å²) in [6.45, 7) is 7.24. The summed E-state index contributed by atoms with van der Waals surface area (Å²) in [7, 11) is 1.81. The Bertz CT molecular complexity index is 690. The molecule has 1 atom stereocenters. The molecule has 1 N–H and O–H groups in total. The Balaban J connectivity index is 2.10. The summed E-state index contributed by atoms with van der Waals surface area (Å²) in [5, 5.41) is 8.92. The van der Waals surface area contributed by atoms with Gasteiger partial charge in [0.15, 0.2) is 0 Å². The first-order valence-corrected chi connectivity index (χ1v) is 8.98. The maximum atomic E-state index is 10.9. The topological polar surface area (TPSA) is 49.8 Å². The number of hydrogen-bond donors (Lipinski definition) is 1. The second-order valence-corrected chi connectivity index (χ2v) is 7.71. The minimum absolute atomic E-state index is 0.0296. The predicted octanol–water partition coefficient (Wildman–Crippen LogP) is 4.51. The Hall–Kier alpha value is -2.33. The molecule has 0 heterocycles. The van der Waals surface area contributed by atoms with Crippen molar-refractivity contribution in [2.75, 3.05) is 20.1 Å². The molecule has 0 saturated carbocycles. The van der Waals surface area contributed by atoms with Crippen LogP contribution in [0.25, 0.3) is 0 Å². The van der Waals surface area contributed by atoms with E-state index in [-0.39, 0.29) is 18.1 Å². The lowest BCUT2D eigenvalue weighted by molar-refractivity contribution is -0.138.